The Morgan fingerprint density at radius 1 is 1.06 bits per heavy atom. The van der Waals surface area contributed by atoms with Crippen molar-refractivity contribution < 1.29 is 0 Å². The van der Waals surface area contributed by atoms with Crippen molar-refractivity contribution in [2.24, 2.45) is 0 Å². The first kappa shape index (κ1) is 12.7. The van der Waals surface area contributed by atoms with E-state index in [-0.39, 0.29) is 0 Å². The lowest BCUT2D eigenvalue weighted by atomic mass is 10.1. The smallest absolute Gasteiger partial charge is 0.0702 e. The number of aromatic nitrogens is 1. The standard InChI is InChI=1S/C12H10ClN.C2H6/c1-9-5-6-12(14-8-9)10-3-2-4-11(13)7-10;1-2/h2-8H,1H3;1-2H3. The van der Waals surface area contributed by atoms with E-state index < -0.39 is 0 Å². The molecule has 1 aromatic carbocycles. The second-order valence-corrected chi connectivity index (χ2v) is 3.67. The molecule has 0 bridgehead atoms. The molecule has 0 spiro atoms. The number of rotatable bonds is 1. The monoisotopic (exact) mass is 233 g/mol. The molecule has 0 aliphatic heterocycles. The number of hydrogen-bond acceptors (Lipinski definition) is 1. The molecule has 84 valence electrons. The third-order valence-corrected chi connectivity index (χ3v) is 2.27. The van der Waals surface area contributed by atoms with Crippen LogP contribution in [0.4, 0.5) is 0 Å². The Morgan fingerprint density at radius 3 is 2.38 bits per heavy atom. The van der Waals surface area contributed by atoms with Crippen LogP contribution in [0.5, 0.6) is 0 Å². The highest BCUT2D eigenvalue weighted by Gasteiger charge is 1.98. The largest absolute Gasteiger partial charge is 0.256 e. The van der Waals surface area contributed by atoms with Gasteiger partial charge in [-0.1, -0.05) is 43.6 Å². The van der Waals surface area contributed by atoms with E-state index in [0.29, 0.717) is 0 Å². The Balaban J connectivity index is 0.000000606. The quantitative estimate of drug-likeness (QED) is 0.694. The van der Waals surface area contributed by atoms with Gasteiger partial charge in [0.15, 0.2) is 0 Å². The maximum Gasteiger partial charge on any atom is 0.0702 e. The fourth-order valence-corrected chi connectivity index (χ4v) is 1.48. The summed E-state index contributed by atoms with van der Waals surface area (Å²) in [6.07, 6.45) is 1.86. The molecule has 0 saturated heterocycles. The summed E-state index contributed by atoms with van der Waals surface area (Å²) in [5.74, 6) is 0. The van der Waals surface area contributed by atoms with Crippen LogP contribution >= 0.6 is 11.6 Å². The second kappa shape index (κ2) is 6.29. The SMILES string of the molecule is CC.Cc1ccc(-c2cccc(Cl)c2)nc1. The Kier molecular flexibility index (Phi) is 5.00. The van der Waals surface area contributed by atoms with Crippen molar-refractivity contribution in [3.8, 4) is 11.3 Å². The van der Waals surface area contributed by atoms with E-state index in [1.54, 1.807) is 0 Å². The van der Waals surface area contributed by atoms with Crippen LogP contribution < -0.4 is 0 Å². The summed E-state index contributed by atoms with van der Waals surface area (Å²) in [5, 5.41) is 0.741. The molecule has 0 amide bonds. The van der Waals surface area contributed by atoms with E-state index in [9.17, 15) is 0 Å². The highest BCUT2D eigenvalue weighted by molar-refractivity contribution is 6.30. The van der Waals surface area contributed by atoms with Gasteiger partial charge < -0.3 is 0 Å². The average molecular weight is 234 g/mol. The zero-order valence-corrected chi connectivity index (χ0v) is 10.6. The summed E-state index contributed by atoms with van der Waals surface area (Å²) in [6, 6.07) is 11.8. The summed E-state index contributed by atoms with van der Waals surface area (Å²) < 4.78 is 0. The highest BCUT2D eigenvalue weighted by Crippen LogP contribution is 2.20. The normalized spacial score (nSPS) is 9.25. The Hall–Kier alpha value is -1.34. The van der Waals surface area contributed by atoms with E-state index in [2.05, 4.69) is 4.98 Å². The average Bonchev–Trinajstić information content (AvgIpc) is 2.32. The van der Waals surface area contributed by atoms with Crippen LogP contribution in [0.25, 0.3) is 11.3 Å². The molecule has 0 N–H and O–H groups in total. The van der Waals surface area contributed by atoms with Gasteiger partial charge in [0, 0.05) is 16.8 Å². The van der Waals surface area contributed by atoms with Crippen LogP contribution in [-0.4, -0.2) is 4.98 Å². The highest BCUT2D eigenvalue weighted by atomic mass is 35.5. The first-order valence-corrected chi connectivity index (χ1v) is 5.82. The maximum absolute atomic E-state index is 5.90. The second-order valence-electron chi connectivity index (χ2n) is 3.23. The summed E-state index contributed by atoms with van der Waals surface area (Å²) in [7, 11) is 0. The fraction of sp³-hybridized carbons (Fsp3) is 0.214. The van der Waals surface area contributed by atoms with Crippen LogP contribution in [0.15, 0.2) is 42.6 Å². The number of halogens is 1. The van der Waals surface area contributed by atoms with Crippen LogP contribution in [0.2, 0.25) is 5.02 Å². The van der Waals surface area contributed by atoms with Gasteiger partial charge in [-0.2, -0.15) is 0 Å². The Bertz CT molecular complexity index is 435. The van der Waals surface area contributed by atoms with Crippen LogP contribution in [0.1, 0.15) is 19.4 Å². The van der Waals surface area contributed by atoms with Gasteiger partial charge in [0.25, 0.3) is 0 Å². The van der Waals surface area contributed by atoms with E-state index in [0.717, 1.165) is 21.8 Å². The molecule has 1 nitrogen and oxygen atoms in total. The number of hydrogen-bond donors (Lipinski definition) is 0. The molecule has 0 fully saturated rings. The summed E-state index contributed by atoms with van der Waals surface area (Å²) in [5.41, 5.74) is 3.17. The minimum atomic E-state index is 0.741. The first-order valence-electron chi connectivity index (χ1n) is 5.44. The third kappa shape index (κ3) is 3.35. The van der Waals surface area contributed by atoms with Crippen molar-refractivity contribution in [2.45, 2.75) is 20.8 Å². The molecule has 0 saturated carbocycles. The molecule has 0 aliphatic rings. The molecule has 0 aliphatic carbocycles. The van der Waals surface area contributed by atoms with Crippen LogP contribution in [0.3, 0.4) is 0 Å². The van der Waals surface area contributed by atoms with Gasteiger partial charge in [0.05, 0.1) is 5.69 Å². The zero-order valence-electron chi connectivity index (χ0n) is 9.87. The van der Waals surface area contributed by atoms with Gasteiger partial charge in [-0.05, 0) is 30.7 Å². The van der Waals surface area contributed by atoms with Gasteiger partial charge in [-0.3, -0.25) is 4.98 Å². The summed E-state index contributed by atoms with van der Waals surface area (Å²) in [4.78, 5) is 4.33. The number of aryl methyl sites for hydroxylation is 1. The third-order valence-electron chi connectivity index (χ3n) is 2.03. The van der Waals surface area contributed by atoms with Crippen LogP contribution in [0, 0.1) is 6.92 Å². The minimum Gasteiger partial charge on any atom is -0.256 e. The van der Waals surface area contributed by atoms with Crippen molar-refractivity contribution in [2.75, 3.05) is 0 Å². The van der Waals surface area contributed by atoms with Crippen LogP contribution in [-0.2, 0) is 0 Å². The zero-order chi connectivity index (χ0) is 12.0. The Morgan fingerprint density at radius 2 is 1.81 bits per heavy atom. The summed E-state index contributed by atoms with van der Waals surface area (Å²) in [6.45, 7) is 6.02. The lowest BCUT2D eigenvalue weighted by Gasteiger charge is -2.01. The lowest BCUT2D eigenvalue weighted by molar-refractivity contribution is 1.27. The van der Waals surface area contributed by atoms with E-state index in [4.69, 9.17) is 11.6 Å². The number of nitrogens with zero attached hydrogens (tertiary/aromatic N) is 1. The number of pyridine rings is 1. The molecule has 2 heteroatoms. The minimum absolute atomic E-state index is 0.741. The van der Waals surface area contributed by atoms with E-state index in [1.807, 2.05) is 63.4 Å². The van der Waals surface area contributed by atoms with E-state index >= 15 is 0 Å². The van der Waals surface area contributed by atoms with Gasteiger partial charge >= 0.3 is 0 Å². The van der Waals surface area contributed by atoms with Gasteiger partial charge in [-0.25, -0.2) is 0 Å². The molecule has 1 aromatic heterocycles. The molecule has 2 rings (SSSR count). The van der Waals surface area contributed by atoms with Gasteiger partial charge in [0.1, 0.15) is 0 Å². The van der Waals surface area contributed by atoms with Crippen molar-refractivity contribution in [3.63, 3.8) is 0 Å². The predicted octanol–water partition coefficient (Wildman–Crippen LogP) is 4.74. The molecule has 0 radical (unpaired) electrons. The molecule has 0 unspecified atom stereocenters. The van der Waals surface area contributed by atoms with Gasteiger partial charge in [-0.15, -0.1) is 0 Å². The molecule has 16 heavy (non-hydrogen) atoms. The lowest BCUT2D eigenvalue weighted by Crippen LogP contribution is -1.83. The van der Waals surface area contributed by atoms with Crippen molar-refractivity contribution >= 4 is 11.6 Å². The molecular formula is C14H16ClN. The number of benzene rings is 1. The molecule has 1 heterocycles. The first-order chi connectivity index (χ1) is 7.75. The molecular weight excluding hydrogens is 218 g/mol. The predicted molar refractivity (Wildman–Crippen MR) is 70.8 cm³/mol. The fourth-order valence-electron chi connectivity index (χ4n) is 1.29. The maximum atomic E-state index is 5.90. The van der Waals surface area contributed by atoms with Crippen molar-refractivity contribution in [3.05, 3.63) is 53.2 Å². The molecule has 0 atom stereocenters. The summed E-state index contributed by atoms with van der Waals surface area (Å²) >= 11 is 5.90. The topological polar surface area (TPSA) is 12.9 Å². The van der Waals surface area contributed by atoms with Gasteiger partial charge in [0.2, 0.25) is 0 Å². The molecule has 2 aromatic rings. The Labute approximate surface area is 102 Å². The van der Waals surface area contributed by atoms with E-state index in [1.165, 1.54) is 0 Å². The van der Waals surface area contributed by atoms with Crippen molar-refractivity contribution in [1.82, 2.24) is 4.98 Å². The van der Waals surface area contributed by atoms with Crippen molar-refractivity contribution in [1.29, 1.82) is 0 Å².